The van der Waals surface area contributed by atoms with Crippen LogP contribution in [0.15, 0.2) is 18.2 Å². The van der Waals surface area contributed by atoms with E-state index in [0.29, 0.717) is 5.46 Å². The minimum absolute atomic E-state index is 0.213. The Balaban J connectivity index is 0.000000671. The van der Waals surface area contributed by atoms with Gasteiger partial charge in [-0.3, -0.25) is 0 Å². The van der Waals surface area contributed by atoms with E-state index in [4.69, 9.17) is 20.8 Å². The smallest absolute Gasteiger partial charge is 0.123 e. The lowest BCUT2D eigenvalue weighted by molar-refractivity contribution is 0.262. The summed E-state index contributed by atoms with van der Waals surface area (Å²) in [4.78, 5) is 0. The summed E-state index contributed by atoms with van der Waals surface area (Å²) in [5.74, 6) is -0.460. The van der Waals surface area contributed by atoms with Crippen molar-refractivity contribution >= 4 is 21.2 Å². The molecule has 0 saturated carbocycles. The average molecular weight is 176 g/mol. The lowest BCUT2D eigenvalue weighted by Gasteiger charge is -2.08. The molecular formula is C9H11B2FO. The van der Waals surface area contributed by atoms with Crippen LogP contribution in [0.1, 0.15) is 25.4 Å². The van der Waals surface area contributed by atoms with Crippen molar-refractivity contribution in [1.29, 1.82) is 0 Å². The van der Waals surface area contributed by atoms with Crippen LogP contribution in [0.25, 0.3) is 0 Å². The predicted octanol–water partition coefficient (Wildman–Crippen LogP) is 0.805. The molecule has 0 aliphatic carbocycles. The van der Waals surface area contributed by atoms with Crippen LogP contribution < -0.4 is 5.46 Å². The zero-order chi connectivity index (χ0) is 10.4. The molecule has 0 spiro atoms. The molecule has 0 saturated heterocycles. The fourth-order valence-corrected chi connectivity index (χ4v) is 0.802. The van der Waals surface area contributed by atoms with Crippen LogP contribution >= 0.6 is 0 Å². The summed E-state index contributed by atoms with van der Waals surface area (Å²) in [7, 11) is 10.5. The van der Waals surface area contributed by atoms with Crippen molar-refractivity contribution in [2.24, 2.45) is 0 Å². The maximum Gasteiger partial charge on any atom is 0.123 e. The Bertz CT molecular complexity index is 264. The molecule has 1 aromatic carbocycles. The first-order valence-corrected chi connectivity index (χ1v) is 4.10. The Morgan fingerprint density at radius 2 is 1.92 bits per heavy atom. The molecule has 0 aliphatic heterocycles. The van der Waals surface area contributed by atoms with Crippen molar-refractivity contribution < 1.29 is 9.50 Å². The molecule has 0 aliphatic rings. The second kappa shape index (κ2) is 5.81. The highest BCUT2D eigenvalue weighted by molar-refractivity contribution is 6.34. The lowest BCUT2D eigenvalue weighted by Crippen LogP contribution is -2.14. The van der Waals surface area contributed by atoms with Crippen molar-refractivity contribution in [3.63, 3.8) is 0 Å². The molecule has 4 heteroatoms. The molecule has 0 heterocycles. The number of hydrogen-bond acceptors (Lipinski definition) is 1. The van der Waals surface area contributed by atoms with Gasteiger partial charge in [-0.25, -0.2) is 4.39 Å². The third-order valence-corrected chi connectivity index (χ3v) is 1.37. The molecule has 0 amide bonds. The normalized spacial score (nSPS) is 11.4. The summed E-state index contributed by atoms with van der Waals surface area (Å²) in [6, 6.07) is 2.47. The van der Waals surface area contributed by atoms with Crippen LogP contribution in [-0.4, -0.2) is 20.8 Å². The highest BCUT2D eigenvalue weighted by Crippen LogP contribution is 2.07. The molecule has 66 valence electrons. The standard InChI is InChI=1S/C7H5B2FO.C2H6/c8-6-2-1-4(10)3-5(6)7(9)11;1-2/h1-3,7,11H;1-2H3. The number of halogens is 1. The first kappa shape index (κ1) is 12.2. The maximum atomic E-state index is 12.5. The molecule has 1 nitrogen and oxygen atoms in total. The third-order valence-electron chi connectivity index (χ3n) is 1.37. The van der Waals surface area contributed by atoms with Gasteiger partial charge in [-0.05, 0) is 17.7 Å². The minimum Gasteiger partial charge on any atom is -0.398 e. The first-order chi connectivity index (χ1) is 6.11. The van der Waals surface area contributed by atoms with Crippen LogP contribution in [0.5, 0.6) is 0 Å². The van der Waals surface area contributed by atoms with Crippen molar-refractivity contribution in [1.82, 2.24) is 0 Å². The Morgan fingerprint density at radius 1 is 1.38 bits per heavy atom. The van der Waals surface area contributed by atoms with Crippen LogP contribution in [0.4, 0.5) is 4.39 Å². The van der Waals surface area contributed by atoms with E-state index in [-0.39, 0.29) is 5.56 Å². The van der Waals surface area contributed by atoms with Gasteiger partial charge in [0.05, 0.1) is 0 Å². The molecule has 0 aromatic heterocycles. The molecule has 1 atom stereocenters. The van der Waals surface area contributed by atoms with Gasteiger partial charge in [0.25, 0.3) is 0 Å². The summed E-state index contributed by atoms with van der Waals surface area (Å²) in [5.41, 5.74) is 0.506. The largest absolute Gasteiger partial charge is 0.398 e. The number of rotatable bonds is 1. The number of aliphatic hydroxyl groups is 1. The van der Waals surface area contributed by atoms with E-state index < -0.39 is 11.8 Å². The van der Waals surface area contributed by atoms with Crippen LogP contribution in [0, 0.1) is 5.82 Å². The monoisotopic (exact) mass is 176 g/mol. The quantitative estimate of drug-likeness (QED) is 0.627. The molecule has 13 heavy (non-hydrogen) atoms. The third kappa shape index (κ3) is 3.64. The van der Waals surface area contributed by atoms with E-state index in [9.17, 15) is 4.39 Å². The van der Waals surface area contributed by atoms with Gasteiger partial charge in [0, 0.05) is 6.00 Å². The zero-order valence-electron chi connectivity index (χ0n) is 7.79. The lowest BCUT2D eigenvalue weighted by atomic mass is 9.82. The number of aliphatic hydroxyl groups excluding tert-OH is 1. The molecule has 0 bridgehead atoms. The summed E-state index contributed by atoms with van der Waals surface area (Å²) in [6.07, 6.45) is 0. The van der Waals surface area contributed by atoms with Crippen molar-refractivity contribution in [2.45, 2.75) is 19.9 Å². The Labute approximate surface area is 80.8 Å². The van der Waals surface area contributed by atoms with Gasteiger partial charge in [-0.15, -0.1) is 0 Å². The van der Waals surface area contributed by atoms with Crippen molar-refractivity contribution in [2.75, 3.05) is 0 Å². The molecular weight excluding hydrogens is 165 g/mol. The van der Waals surface area contributed by atoms with Gasteiger partial charge < -0.3 is 5.11 Å². The van der Waals surface area contributed by atoms with Gasteiger partial charge in [0.15, 0.2) is 0 Å². The van der Waals surface area contributed by atoms with Crippen molar-refractivity contribution in [3.8, 4) is 0 Å². The zero-order valence-corrected chi connectivity index (χ0v) is 7.79. The average Bonchev–Trinajstić information content (AvgIpc) is 2.12. The predicted molar refractivity (Wildman–Crippen MR) is 53.8 cm³/mol. The van der Waals surface area contributed by atoms with Crippen LogP contribution in [0.3, 0.4) is 0 Å². The molecule has 1 N–H and O–H groups in total. The molecule has 0 fully saturated rings. The maximum absolute atomic E-state index is 12.5. The second-order valence-electron chi connectivity index (χ2n) is 2.22. The van der Waals surface area contributed by atoms with E-state index in [1.165, 1.54) is 12.1 Å². The van der Waals surface area contributed by atoms with Gasteiger partial charge in [-0.2, -0.15) is 0 Å². The van der Waals surface area contributed by atoms with E-state index >= 15 is 0 Å². The second-order valence-corrected chi connectivity index (χ2v) is 2.22. The summed E-state index contributed by atoms with van der Waals surface area (Å²) in [6.45, 7) is 4.00. The van der Waals surface area contributed by atoms with Crippen LogP contribution in [-0.2, 0) is 0 Å². The fraction of sp³-hybridized carbons (Fsp3) is 0.333. The fourth-order valence-electron chi connectivity index (χ4n) is 0.802. The number of benzene rings is 1. The van der Waals surface area contributed by atoms with Gasteiger partial charge in [0.2, 0.25) is 0 Å². The molecule has 1 unspecified atom stereocenters. The summed E-state index contributed by atoms with van der Waals surface area (Å²) < 4.78 is 12.5. The molecule has 1 rings (SSSR count). The number of hydrogen-bond donors (Lipinski definition) is 1. The van der Waals surface area contributed by atoms with Gasteiger partial charge >= 0.3 is 0 Å². The highest BCUT2D eigenvalue weighted by atomic mass is 19.1. The topological polar surface area (TPSA) is 20.2 Å². The Kier molecular flexibility index (Phi) is 5.47. The van der Waals surface area contributed by atoms with E-state index in [1.807, 2.05) is 13.8 Å². The Morgan fingerprint density at radius 3 is 2.31 bits per heavy atom. The van der Waals surface area contributed by atoms with Gasteiger partial charge in [-0.1, -0.05) is 25.4 Å². The van der Waals surface area contributed by atoms with Crippen molar-refractivity contribution in [3.05, 3.63) is 29.6 Å². The minimum atomic E-state index is -1.22. The van der Waals surface area contributed by atoms with Gasteiger partial charge in [0.1, 0.15) is 21.5 Å². The van der Waals surface area contributed by atoms with Crippen LogP contribution in [0.2, 0.25) is 0 Å². The SMILES string of the molecule is CC.[B]c1ccc(F)cc1C([B])O. The first-order valence-electron chi connectivity index (χ1n) is 4.10. The van der Waals surface area contributed by atoms with E-state index in [1.54, 1.807) is 0 Å². The Hall–Kier alpha value is -0.760. The molecule has 4 radical (unpaired) electrons. The van der Waals surface area contributed by atoms with E-state index in [0.717, 1.165) is 6.07 Å². The highest BCUT2D eigenvalue weighted by Gasteiger charge is 2.04. The summed E-state index contributed by atoms with van der Waals surface area (Å²) in [5, 5.41) is 8.86. The van der Waals surface area contributed by atoms with E-state index in [2.05, 4.69) is 0 Å². The summed E-state index contributed by atoms with van der Waals surface area (Å²) >= 11 is 0. The molecule has 1 aromatic rings.